The summed E-state index contributed by atoms with van der Waals surface area (Å²) in [6.45, 7) is 2.00. The molecule has 1 unspecified atom stereocenters. The number of aliphatic hydroxyl groups is 1. The van der Waals surface area contributed by atoms with Gasteiger partial charge < -0.3 is 10.0 Å². The summed E-state index contributed by atoms with van der Waals surface area (Å²) in [5.74, 6) is -0.347. The van der Waals surface area contributed by atoms with Crippen LogP contribution in [-0.2, 0) is 0 Å². The molecule has 1 aromatic rings. The van der Waals surface area contributed by atoms with Gasteiger partial charge >= 0.3 is 0 Å². The zero-order valence-corrected chi connectivity index (χ0v) is 11.4. The molecular formula is C12H15ClN2O4. The summed E-state index contributed by atoms with van der Waals surface area (Å²) in [5.41, 5.74) is -0.0966. The number of halogens is 1. The molecule has 0 radical (unpaired) electrons. The lowest BCUT2D eigenvalue weighted by Gasteiger charge is -2.18. The number of hydrogen-bond donors (Lipinski definition) is 1. The topological polar surface area (TPSA) is 83.7 Å². The van der Waals surface area contributed by atoms with Crippen LogP contribution in [0.3, 0.4) is 0 Å². The number of nitro groups is 1. The number of carbonyl (C=O) groups is 1. The minimum absolute atomic E-state index is 0.00631. The molecule has 0 aliphatic rings. The minimum Gasteiger partial charge on any atom is -0.393 e. The number of amides is 1. The average molecular weight is 287 g/mol. The molecule has 1 amide bonds. The van der Waals surface area contributed by atoms with Crippen LogP contribution < -0.4 is 0 Å². The van der Waals surface area contributed by atoms with Gasteiger partial charge in [-0.2, -0.15) is 0 Å². The zero-order valence-electron chi connectivity index (χ0n) is 10.7. The van der Waals surface area contributed by atoms with Gasteiger partial charge in [0.2, 0.25) is 0 Å². The Labute approximate surface area is 115 Å². The number of nitrogens with zero attached hydrogens (tertiary/aromatic N) is 2. The van der Waals surface area contributed by atoms with Gasteiger partial charge in [-0.3, -0.25) is 14.9 Å². The van der Waals surface area contributed by atoms with Gasteiger partial charge in [0.05, 0.1) is 11.0 Å². The third-order valence-electron chi connectivity index (χ3n) is 2.62. The Hall–Kier alpha value is -1.66. The van der Waals surface area contributed by atoms with Crippen LogP contribution in [0, 0.1) is 10.1 Å². The van der Waals surface area contributed by atoms with Crippen molar-refractivity contribution in [2.75, 3.05) is 13.6 Å². The van der Waals surface area contributed by atoms with Crippen molar-refractivity contribution >= 4 is 23.2 Å². The van der Waals surface area contributed by atoms with Gasteiger partial charge in [-0.15, -0.1) is 0 Å². The summed E-state index contributed by atoms with van der Waals surface area (Å²) < 4.78 is 0. The first-order valence-corrected chi connectivity index (χ1v) is 6.08. The molecule has 1 rings (SSSR count). The number of carbonyl (C=O) groups excluding carboxylic acids is 1. The standard InChI is InChI=1S/C12H15ClN2O4/c1-8(16)5-6-14(2)12(17)9-3-4-10(13)11(7-9)15(18)19/h3-4,7-8,16H,5-6H2,1-2H3. The quantitative estimate of drug-likeness (QED) is 0.663. The molecule has 19 heavy (non-hydrogen) atoms. The maximum atomic E-state index is 12.0. The van der Waals surface area contributed by atoms with E-state index in [1.807, 2.05) is 0 Å². The van der Waals surface area contributed by atoms with E-state index in [2.05, 4.69) is 0 Å². The molecule has 0 aromatic heterocycles. The fraction of sp³-hybridized carbons (Fsp3) is 0.417. The maximum Gasteiger partial charge on any atom is 0.288 e. The van der Waals surface area contributed by atoms with E-state index in [0.717, 1.165) is 6.07 Å². The third kappa shape index (κ3) is 4.18. The molecule has 0 saturated carbocycles. The highest BCUT2D eigenvalue weighted by Gasteiger charge is 2.18. The van der Waals surface area contributed by atoms with E-state index < -0.39 is 11.0 Å². The van der Waals surface area contributed by atoms with Crippen LogP contribution >= 0.6 is 11.6 Å². The van der Waals surface area contributed by atoms with Gasteiger partial charge in [0.1, 0.15) is 5.02 Å². The summed E-state index contributed by atoms with van der Waals surface area (Å²) in [7, 11) is 1.57. The van der Waals surface area contributed by atoms with Crippen molar-refractivity contribution in [2.24, 2.45) is 0 Å². The lowest BCUT2D eigenvalue weighted by atomic mass is 10.1. The molecule has 0 saturated heterocycles. The van der Waals surface area contributed by atoms with Gasteiger partial charge in [0, 0.05) is 25.2 Å². The number of benzene rings is 1. The van der Waals surface area contributed by atoms with E-state index in [4.69, 9.17) is 16.7 Å². The lowest BCUT2D eigenvalue weighted by molar-refractivity contribution is -0.384. The van der Waals surface area contributed by atoms with Crippen LogP contribution in [0.5, 0.6) is 0 Å². The first-order valence-electron chi connectivity index (χ1n) is 5.70. The van der Waals surface area contributed by atoms with E-state index in [0.29, 0.717) is 13.0 Å². The lowest BCUT2D eigenvalue weighted by Crippen LogP contribution is -2.29. The van der Waals surface area contributed by atoms with Crippen molar-refractivity contribution < 1.29 is 14.8 Å². The minimum atomic E-state index is -0.630. The Bertz CT molecular complexity index is 491. The molecule has 6 nitrogen and oxygen atoms in total. The first-order chi connectivity index (χ1) is 8.82. The Morgan fingerprint density at radius 3 is 2.74 bits per heavy atom. The Balaban J connectivity index is 2.88. The van der Waals surface area contributed by atoms with Gasteiger partial charge in [-0.25, -0.2) is 0 Å². The summed E-state index contributed by atoms with van der Waals surface area (Å²) in [6.07, 6.45) is -0.0624. The van der Waals surface area contributed by atoms with Crippen LogP contribution in [-0.4, -0.2) is 40.5 Å². The second kappa shape index (κ2) is 6.49. The summed E-state index contributed by atoms with van der Waals surface area (Å²) >= 11 is 5.68. The van der Waals surface area contributed by atoms with Crippen molar-refractivity contribution in [3.05, 3.63) is 38.9 Å². The smallest absolute Gasteiger partial charge is 0.288 e. The van der Waals surface area contributed by atoms with Crippen molar-refractivity contribution in [3.8, 4) is 0 Å². The predicted molar refractivity (Wildman–Crippen MR) is 71.4 cm³/mol. The molecule has 0 spiro atoms. The fourth-order valence-corrected chi connectivity index (χ4v) is 1.67. The summed E-state index contributed by atoms with van der Waals surface area (Å²) in [5, 5.41) is 19.9. The van der Waals surface area contributed by atoms with Crippen molar-refractivity contribution in [1.29, 1.82) is 0 Å². The van der Waals surface area contributed by atoms with Crippen LogP contribution in [0.15, 0.2) is 18.2 Å². The summed E-state index contributed by atoms with van der Waals surface area (Å²) in [4.78, 5) is 23.5. The van der Waals surface area contributed by atoms with Crippen molar-refractivity contribution in [2.45, 2.75) is 19.4 Å². The van der Waals surface area contributed by atoms with Crippen LogP contribution in [0.4, 0.5) is 5.69 Å². The first kappa shape index (κ1) is 15.4. The van der Waals surface area contributed by atoms with Gasteiger partial charge in [-0.05, 0) is 25.5 Å². The number of hydrogen-bond acceptors (Lipinski definition) is 4. The second-order valence-corrected chi connectivity index (χ2v) is 4.69. The van der Waals surface area contributed by atoms with Crippen LogP contribution in [0.2, 0.25) is 5.02 Å². The highest BCUT2D eigenvalue weighted by Crippen LogP contribution is 2.25. The SMILES string of the molecule is CC(O)CCN(C)C(=O)c1ccc(Cl)c([N+](=O)[O-])c1. The molecule has 7 heteroatoms. The van der Waals surface area contributed by atoms with Crippen molar-refractivity contribution in [3.63, 3.8) is 0 Å². The normalized spacial score (nSPS) is 12.0. The van der Waals surface area contributed by atoms with E-state index in [1.165, 1.54) is 17.0 Å². The third-order valence-corrected chi connectivity index (χ3v) is 2.94. The summed E-state index contributed by atoms with van der Waals surface area (Å²) in [6, 6.07) is 3.93. The molecule has 0 aliphatic carbocycles. The zero-order chi connectivity index (χ0) is 14.6. The Kier molecular flexibility index (Phi) is 5.26. The molecule has 0 aliphatic heterocycles. The highest BCUT2D eigenvalue weighted by molar-refractivity contribution is 6.32. The maximum absolute atomic E-state index is 12.0. The van der Waals surface area contributed by atoms with Gasteiger partial charge in [0.15, 0.2) is 0 Å². The van der Waals surface area contributed by atoms with E-state index in [9.17, 15) is 14.9 Å². The fourth-order valence-electron chi connectivity index (χ4n) is 1.49. The average Bonchev–Trinajstić information content (AvgIpc) is 2.35. The Morgan fingerprint density at radius 1 is 1.58 bits per heavy atom. The second-order valence-electron chi connectivity index (χ2n) is 4.29. The number of nitro benzene ring substituents is 1. The van der Waals surface area contributed by atoms with E-state index in [-0.39, 0.29) is 22.2 Å². The van der Waals surface area contributed by atoms with Gasteiger partial charge in [-0.1, -0.05) is 11.6 Å². The molecule has 1 atom stereocenters. The Morgan fingerprint density at radius 2 is 2.21 bits per heavy atom. The molecule has 0 fully saturated rings. The van der Waals surface area contributed by atoms with E-state index >= 15 is 0 Å². The molecule has 0 bridgehead atoms. The monoisotopic (exact) mass is 286 g/mol. The number of rotatable bonds is 5. The molecule has 0 heterocycles. The van der Waals surface area contributed by atoms with E-state index in [1.54, 1.807) is 14.0 Å². The largest absolute Gasteiger partial charge is 0.393 e. The highest BCUT2D eigenvalue weighted by atomic mass is 35.5. The number of aliphatic hydroxyl groups excluding tert-OH is 1. The predicted octanol–water partition coefficient (Wildman–Crippen LogP) is 2.09. The molecule has 1 aromatic carbocycles. The van der Waals surface area contributed by atoms with Crippen LogP contribution in [0.1, 0.15) is 23.7 Å². The molecular weight excluding hydrogens is 272 g/mol. The molecule has 104 valence electrons. The van der Waals surface area contributed by atoms with Gasteiger partial charge in [0.25, 0.3) is 11.6 Å². The van der Waals surface area contributed by atoms with Crippen LogP contribution in [0.25, 0.3) is 0 Å². The molecule has 1 N–H and O–H groups in total. The van der Waals surface area contributed by atoms with Crippen molar-refractivity contribution in [1.82, 2.24) is 4.90 Å².